The third-order valence-electron chi connectivity index (χ3n) is 3.90. The number of carbonyl (C=O) groups is 1. The van der Waals surface area contributed by atoms with Crippen molar-refractivity contribution in [2.45, 2.75) is 13.0 Å². The zero-order valence-corrected chi connectivity index (χ0v) is 13.6. The Bertz CT molecular complexity index is 697. The second kappa shape index (κ2) is 7.44. The van der Waals surface area contributed by atoms with Crippen molar-refractivity contribution in [2.24, 2.45) is 0 Å². The Hall–Kier alpha value is -2.41. The largest absolute Gasteiger partial charge is 0.492 e. The van der Waals surface area contributed by atoms with Crippen LogP contribution in [0.3, 0.4) is 0 Å². The summed E-state index contributed by atoms with van der Waals surface area (Å²) in [6.45, 7) is 4.74. The average molecular weight is 332 g/mol. The van der Waals surface area contributed by atoms with Gasteiger partial charge in [-0.3, -0.25) is 14.4 Å². The van der Waals surface area contributed by atoms with Gasteiger partial charge in [0, 0.05) is 25.4 Å². The van der Waals surface area contributed by atoms with Crippen molar-refractivity contribution in [1.82, 2.24) is 20.0 Å². The number of carbonyl (C=O) groups excluding carboxylic acids is 1. The molecule has 1 saturated heterocycles. The van der Waals surface area contributed by atoms with Gasteiger partial charge in [0.25, 0.3) is 0 Å². The zero-order valence-electron chi connectivity index (χ0n) is 13.6. The Balaban J connectivity index is 1.30. The summed E-state index contributed by atoms with van der Waals surface area (Å²) in [5.74, 6) is 0.0912. The molecule has 0 spiro atoms. The summed E-state index contributed by atoms with van der Waals surface area (Å²) in [7, 11) is 0. The highest BCUT2D eigenvalue weighted by molar-refractivity contribution is 5.78. The minimum Gasteiger partial charge on any atom is -0.492 e. The van der Waals surface area contributed by atoms with E-state index in [9.17, 15) is 9.18 Å². The Kier molecular flexibility index (Phi) is 5.10. The minimum absolute atomic E-state index is 0.0343. The molecule has 0 atom stereocenters. The number of aryl methyl sites for hydroxylation is 1. The van der Waals surface area contributed by atoms with Gasteiger partial charge in [-0.05, 0) is 24.6 Å². The lowest BCUT2D eigenvalue weighted by molar-refractivity contribution is -0.123. The van der Waals surface area contributed by atoms with E-state index in [1.54, 1.807) is 12.1 Å². The molecular weight excluding hydrogens is 311 g/mol. The number of likely N-dealkylation sites (tertiary alicyclic amines) is 1. The highest BCUT2D eigenvalue weighted by Gasteiger charge is 2.29. The lowest BCUT2D eigenvalue weighted by Crippen LogP contribution is -2.51. The fourth-order valence-electron chi connectivity index (χ4n) is 2.65. The van der Waals surface area contributed by atoms with E-state index in [4.69, 9.17) is 4.74 Å². The van der Waals surface area contributed by atoms with Gasteiger partial charge in [-0.1, -0.05) is 6.07 Å². The molecule has 1 aromatic heterocycles. The molecule has 2 heterocycles. The Morgan fingerprint density at radius 3 is 3.00 bits per heavy atom. The molecule has 0 radical (unpaired) electrons. The summed E-state index contributed by atoms with van der Waals surface area (Å²) < 4.78 is 20.3. The second-order valence-corrected chi connectivity index (χ2v) is 6.00. The molecular formula is C17H21FN4O2. The van der Waals surface area contributed by atoms with Crippen molar-refractivity contribution in [3.05, 3.63) is 48.0 Å². The van der Waals surface area contributed by atoms with Gasteiger partial charge in [0.2, 0.25) is 5.91 Å². The number of amides is 1. The molecule has 1 amide bonds. The van der Waals surface area contributed by atoms with E-state index < -0.39 is 0 Å². The fraction of sp³-hybridized carbons (Fsp3) is 0.412. The normalized spacial score (nSPS) is 15.1. The molecule has 2 aromatic rings. The van der Waals surface area contributed by atoms with Crippen LogP contribution in [-0.4, -0.2) is 53.4 Å². The van der Waals surface area contributed by atoms with Crippen LogP contribution in [0.2, 0.25) is 0 Å². The molecule has 1 aromatic carbocycles. The average Bonchev–Trinajstić information content (AvgIpc) is 2.93. The van der Waals surface area contributed by atoms with E-state index in [1.807, 2.05) is 24.0 Å². The summed E-state index contributed by atoms with van der Waals surface area (Å²) in [5.41, 5.74) is 1.14. The van der Waals surface area contributed by atoms with Gasteiger partial charge >= 0.3 is 0 Å². The molecule has 0 unspecified atom stereocenters. The first-order valence-corrected chi connectivity index (χ1v) is 7.98. The third kappa shape index (κ3) is 4.32. The summed E-state index contributed by atoms with van der Waals surface area (Å²) in [5, 5.41) is 7.10. The molecule has 7 heteroatoms. The maximum absolute atomic E-state index is 13.0. The van der Waals surface area contributed by atoms with Crippen LogP contribution < -0.4 is 10.1 Å². The first kappa shape index (κ1) is 16.4. The number of benzene rings is 1. The molecule has 128 valence electrons. The van der Waals surface area contributed by atoms with Gasteiger partial charge < -0.3 is 10.1 Å². The number of halogens is 1. The van der Waals surface area contributed by atoms with Crippen LogP contribution in [0.25, 0.3) is 0 Å². The fourth-order valence-corrected chi connectivity index (χ4v) is 2.65. The van der Waals surface area contributed by atoms with Crippen LogP contribution in [-0.2, 0) is 4.79 Å². The SMILES string of the molecule is Cc1cnn(C2CN(CC(=O)NCCOc3cccc(F)c3)C2)c1. The first-order chi connectivity index (χ1) is 11.6. The van der Waals surface area contributed by atoms with E-state index >= 15 is 0 Å². The predicted molar refractivity (Wildman–Crippen MR) is 87.3 cm³/mol. The lowest BCUT2D eigenvalue weighted by Gasteiger charge is -2.38. The Labute approximate surface area is 140 Å². The van der Waals surface area contributed by atoms with E-state index in [-0.39, 0.29) is 11.7 Å². The van der Waals surface area contributed by atoms with Crippen LogP contribution in [0.15, 0.2) is 36.7 Å². The molecule has 1 fully saturated rings. The summed E-state index contributed by atoms with van der Waals surface area (Å²) in [6, 6.07) is 6.30. The highest BCUT2D eigenvalue weighted by Crippen LogP contribution is 2.20. The van der Waals surface area contributed by atoms with Crippen molar-refractivity contribution >= 4 is 5.91 Å². The molecule has 24 heavy (non-hydrogen) atoms. The van der Waals surface area contributed by atoms with Gasteiger partial charge in [0.05, 0.1) is 25.3 Å². The number of aromatic nitrogens is 2. The smallest absolute Gasteiger partial charge is 0.234 e. The van der Waals surface area contributed by atoms with Gasteiger partial charge in [-0.15, -0.1) is 0 Å². The topological polar surface area (TPSA) is 59.4 Å². The molecule has 1 aliphatic rings. The number of hydrogen-bond donors (Lipinski definition) is 1. The van der Waals surface area contributed by atoms with Gasteiger partial charge in [0.1, 0.15) is 18.2 Å². The molecule has 0 bridgehead atoms. The van der Waals surface area contributed by atoms with Crippen molar-refractivity contribution < 1.29 is 13.9 Å². The molecule has 6 nitrogen and oxygen atoms in total. The van der Waals surface area contributed by atoms with Crippen LogP contribution in [0.4, 0.5) is 4.39 Å². The monoisotopic (exact) mass is 332 g/mol. The molecule has 3 rings (SSSR count). The van der Waals surface area contributed by atoms with Crippen LogP contribution in [0.5, 0.6) is 5.75 Å². The van der Waals surface area contributed by atoms with Gasteiger partial charge in [-0.2, -0.15) is 5.10 Å². The van der Waals surface area contributed by atoms with Crippen LogP contribution >= 0.6 is 0 Å². The van der Waals surface area contributed by atoms with Gasteiger partial charge in [0.15, 0.2) is 0 Å². The predicted octanol–water partition coefficient (Wildman–Crippen LogP) is 1.38. The molecule has 1 aliphatic heterocycles. The second-order valence-electron chi connectivity index (χ2n) is 6.00. The van der Waals surface area contributed by atoms with Crippen LogP contribution in [0, 0.1) is 12.7 Å². The quantitative estimate of drug-likeness (QED) is 0.779. The minimum atomic E-state index is -0.337. The lowest BCUT2D eigenvalue weighted by atomic mass is 10.1. The molecule has 0 aliphatic carbocycles. The summed E-state index contributed by atoms with van der Waals surface area (Å²) in [4.78, 5) is 13.9. The zero-order chi connectivity index (χ0) is 16.9. The molecule has 0 saturated carbocycles. The highest BCUT2D eigenvalue weighted by atomic mass is 19.1. The number of nitrogens with zero attached hydrogens (tertiary/aromatic N) is 3. The van der Waals surface area contributed by atoms with E-state index in [1.165, 1.54) is 12.1 Å². The van der Waals surface area contributed by atoms with E-state index in [0.29, 0.717) is 31.5 Å². The van der Waals surface area contributed by atoms with Crippen molar-refractivity contribution in [2.75, 3.05) is 32.8 Å². The van der Waals surface area contributed by atoms with Crippen molar-refractivity contribution in [3.63, 3.8) is 0 Å². The number of rotatable bonds is 7. The van der Waals surface area contributed by atoms with Crippen LogP contribution in [0.1, 0.15) is 11.6 Å². The maximum atomic E-state index is 13.0. The number of hydrogen-bond acceptors (Lipinski definition) is 4. The third-order valence-corrected chi connectivity index (χ3v) is 3.90. The molecule has 1 N–H and O–H groups in total. The van der Waals surface area contributed by atoms with Crippen molar-refractivity contribution in [3.8, 4) is 5.75 Å². The standard InChI is InChI=1S/C17H21FN4O2/c1-13-8-20-22(9-13)15-10-21(11-15)12-17(23)19-5-6-24-16-4-2-3-14(18)7-16/h2-4,7-9,15H,5-6,10-12H2,1H3,(H,19,23). The summed E-state index contributed by atoms with van der Waals surface area (Å²) in [6.07, 6.45) is 3.86. The van der Waals surface area contributed by atoms with Gasteiger partial charge in [-0.25, -0.2) is 4.39 Å². The number of ether oxygens (including phenoxy) is 1. The summed E-state index contributed by atoms with van der Waals surface area (Å²) >= 11 is 0. The first-order valence-electron chi connectivity index (χ1n) is 7.98. The Morgan fingerprint density at radius 1 is 1.46 bits per heavy atom. The van der Waals surface area contributed by atoms with Crippen molar-refractivity contribution in [1.29, 1.82) is 0 Å². The van der Waals surface area contributed by atoms with E-state index in [2.05, 4.69) is 15.3 Å². The number of nitrogens with one attached hydrogen (secondary N) is 1. The van der Waals surface area contributed by atoms with E-state index in [0.717, 1.165) is 18.7 Å². The Morgan fingerprint density at radius 2 is 2.29 bits per heavy atom. The maximum Gasteiger partial charge on any atom is 0.234 e.